The van der Waals surface area contributed by atoms with Crippen molar-refractivity contribution in [2.24, 2.45) is 0 Å². The summed E-state index contributed by atoms with van der Waals surface area (Å²) < 4.78 is 4.96. The molecule has 0 spiro atoms. The van der Waals surface area contributed by atoms with Crippen LogP contribution in [0.4, 0.5) is 4.79 Å². The van der Waals surface area contributed by atoms with Crippen molar-refractivity contribution in [3.63, 3.8) is 0 Å². The highest BCUT2D eigenvalue weighted by atomic mass is 32.2. The van der Waals surface area contributed by atoms with Gasteiger partial charge in [-0.05, 0) is 74.1 Å². The fourth-order valence-corrected chi connectivity index (χ4v) is 3.82. The second kappa shape index (κ2) is 16.8. The maximum Gasteiger partial charge on any atom is 0.408 e. The van der Waals surface area contributed by atoms with Crippen LogP contribution in [0.2, 0.25) is 0 Å². The molecule has 1 unspecified atom stereocenters. The minimum atomic E-state index is -1.98. The van der Waals surface area contributed by atoms with Gasteiger partial charge < -0.3 is 20.3 Å². The van der Waals surface area contributed by atoms with Gasteiger partial charge in [0.1, 0.15) is 11.6 Å². The standard InChI is InChI=1S/C26H42N2O7S/c1-17(2)10-8-11-18(3)12-9-13-19(4)14-15-36-16-20(23(30)31)27-22(29)21(24(32)33)28-25(34)35-26(5,6)7/h10,12,14,20-21H,8-9,11,13,15-16H2,1-7H3,(H,27,29)(H,28,34)(H,30,31)(H,32,33)/b18-12+,19-14+/t20-,21?/m0/s1. The average Bonchev–Trinajstić information content (AvgIpc) is 2.72. The van der Waals surface area contributed by atoms with Gasteiger partial charge in [0.25, 0.3) is 5.91 Å². The topological polar surface area (TPSA) is 142 Å². The average molecular weight is 527 g/mol. The predicted molar refractivity (Wildman–Crippen MR) is 143 cm³/mol. The Hall–Kier alpha value is -2.75. The zero-order chi connectivity index (χ0) is 27.9. The number of nitrogens with one attached hydrogen (secondary N) is 2. The number of hydrogen-bond donors (Lipinski definition) is 4. The number of carbonyl (C=O) groups is 4. The van der Waals surface area contributed by atoms with Crippen LogP contribution < -0.4 is 10.6 Å². The lowest BCUT2D eigenvalue weighted by Crippen LogP contribution is -2.56. The van der Waals surface area contributed by atoms with E-state index in [9.17, 15) is 29.4 Å². The van der Waals surface area contributed by atoms with Crippen LogP contribution in [0.25, 0.3) is 0 Å². The van der Waals surface area contributed by atoms with Gasteiger partial charge in [-0.3, -0.25) is 10.1 Å². The number of thioether (sulfide) groups is 1. The number of carboxylic acid groups (broad SMARTS) is 2. The second-order valence-corrected chi connectivity index (χ2v) is 10.9. The fourth-order valence-electron chi connectivity index (χ4n) is 2.82. The highest BCUT2D eigenvalue weighted by Gasteiger charge is 2.33. The van der Waals surface area contributed by atoms with E-state index in [1.165, 1.54) is 28.5 Å². The molecule has 204 valence electrons. The van der Waals surface area contributed by atoms with Crippen molar-refractivity contribution in [2.45, 2.75) is 91.8 Å². The molecule has 0 aromatic carbocycles. The van der Waals surface area contributed by atoms with Gasteiger partial charge in [-0.1, -0.05) is 34.9 Å². The molecular weight excluding hydrogens is 484 g/mol. The first kappa shape index (κ1) is 33.2. The number of carboxylic acids is 2. The van der Waals surface area contributed by atoms with Gasteiger partial charge in [-0.2, -0.15) is 11.8 Å². The zero-order valence-corrected chi connectivity index (χ0v) is 23.3. The van der Waals surface area contributed by atoms with Crippen LogP contribution in [-0.2, 0) is 19.1 Å². The summed E-state index contributed by atoms with van der Waals surface area (Å²) in [6, 6.07) is -3.29. The lowest BCUT2D eigenvalue weighted by molar-refractivity contribution is -0.147. The Morgan fingerprint density at radius 1 is 0.861 bits per heavy atom. The Morgan fingerprint density at radius 2 is 1.42 bits per heavy atom. The number of carbonyl (C=O) groups excluding carboxylic acids is 2. The third kappa shape index (κ3) is 16.8. The molecule has 9 nitrogen and oxygen atoms in total. The number of rotatable bonds is 15. The van der Waals surface area contributed by atoms with Crippen molar-refractivity contribution in [1.29, 1.82) is 0 Å². The van der Waals surface area contributed by atoms with Crippen molar-refractivity contribution < 1.29 is 34.1 Å². The van der Waals surface area contributed by atoms with Crippen LogP contribution in [0.5, 0.6) is 0 Å². The van der Waals surface area contributed by atoms with Gasteiger partial charge in [0.15, 0.2) is 0 Å². The van der Waals surface area contributed by atoms with Crippen molar-refractivity contribution in [3.8, 4) is 0 Å². The van der Waals surface area contributed by atoms with Crippen molar-refractivity contribution in [1.82, 2.24) is 10.6 Å². The Morgan fingerprint density at radius 3 is 1.92 bits per heavy atom. The molecule has 2 atom stereocenters. The highest BCUT2D eigenvalue weighted by Crippen LogP contribution is 2.13. The second-order valence-electron chi connectivity index (χ2n) is 9.81. The van der Waals surface area contributed by atoms with Gasteiger partial charge in [0.2, 0.25) is 6.04 Å². The number of allylic oxidation sites excluding steroid dienone is 5. The molecule has 0 aromatic heterocycles. The molecule has 2 amide bonds. The van der Waals surface area contributed by atoms with E-state index in [-0.39, 0.29) is 5.75 Å². The summed E-state index contributed by atoms with van der Waals surface area (Å²) in [5.41, 5.74) is 2.97. The molecule has 0 heterocycles. The van der Waals surface area contributed by atoms with Crippen molar-refractivity contribution in [2.75, 3.05) is 11.5 Å². The monoisotopic (exact) mass is 526 g/mol. The van der Waals surface area contributed by atoms with E-state index in [1.807, 2.05) is 18.3 Å². The van der Waals surface area contributed by atoms with Gasteiger partial charge in [-0.15, -0.1) is 0 Å². The van der Waals surface area contributed by atoms with E-state index < -0.39 is 41.6 Å². The predicted octanol–water partition coefficient (Wildman–Crippen LogP) is 4.69. The third-order valence-corrected chi connectivity index (χ3v) is 5.71. The first-order valence-corrected chi connectivity index (χ1v) is 13.1. The van der Waals surface area contributed by atoms with Crippen LogP contribution in [0.1, 0.15) is 74.1 Å². The van der Waals surface area contributed by atoms with E-state index in [1.54, 1.807) is 20.8 Å². The number of aliphatic carboxylic acids is 2. The SMILES string of the molecule is CC(C)=CCC/C(C)=C/CC/C(C)=C/CSC[C@H](NC(=O)C(NC(=O)OC(C)(C)C)C(=O)O)C(=O)O. The molecule has 0 fully saturated rings. The van der Waals surface area contributed by atoms with Crippen molar-refractivity contribution >= 4 is 35.7 Å². The normalized spacial score (nSPS) is 13.9. The Balaban J connectivity index is 4.70. The summed E-state index contributed by atoms with van der Waals surface area (Å²) >= 11 is 1.30. The summed E-state index contributed by atoms with van der Waals surface area (Å²) in [7, 11) is 0. The molecule has 0 aliphatic carbocycles. The number of amides is 2. The van der Waals surface area contributed by atoms with E-state index >= 15 is 0 Å². The lowest BCUT2D eigenvalue weighted by Gasteiger charge is -2.22. The van der Waals surface area contributed by atoms with E-state index in [0.29, 0.717) is 5.75 Å². The molecule has 0 saturated heterocycles. The van der Waals surface area contributed by atoms with Crippen molar-refractivity contribution in [3.05, 3.63) is 34.9 Å². The quantitative estimate of drug-likeness (QED) is 0.137. The zero-order valence-electron chi connectivity index (χ0n) is 22.5. The molecule has 0 aromatic rings. The summed E-state index contributed by atoms with van der Waals surface area (Å²) in [4.78, 5) is 47.2. The Labute approximate surface area is 218 Å². The van der Waals surface area contributed by atoms with Gasteiger partial charge >= 0.3 is 18.0 Å². The maximum atomic E-state index is 12.4. The number of hydrogen-bond acceptors (Lipinski definition) is 6. The lowest BCUT2D eigenvalue weighted by atomic mass is 10.1. The summed E-state index contributed by atoms with van der Waals surface area (Å²) in [5, 5.41) is 22.9. The van der Waals surface area contributed by atoms with Gasteiger partial charge in [0.05, 0.1) is 0 Å². The van der Waals surface area contributed by atoms with Crippen LogP contribution in [0, 0.1) is 0 Å². The number of ether oxygens (including phenoxy) is 1. The number of alkyl carbamates (subject to hydrolysis) is 1. The van der Waals surface area contributed by atoms with Gasteiger partial charge in [-0.25, -0.2) is 14.4 Å². The minimum absolute atomic E-state index is 0.0347. The molecule has 0 rings (SSSR count). The fraction of sp³-hybridized carbons (Fsp3) is 0.615. The maximum absolute atomic E-state index is 12.4. The largest absolute Gasteiger partial charge is 0.480 e. The smallest absolute Gasteiger partial charge is 0.408 e. The third-order valence-electron chi connectivity index (χ3n) is 4.74. The molecule has 0 aliphatic heterocycles. The summed E-state index contributed by atoms with van der Waals surface area (Å²) in [6.07, 6.45) is 9.31. The van der Waals surface area contributed by atoms with Crippen LogP contribution >= 0.6 is 11.8 Å². The summed E-state index contributed by atoms with van der Waals surface area (Å²) in [5.74, 6) is -3.48. The summed E-state index contributed by atoms with van der Waals surface area (Å²) in [6.45, 7) is 13.1. The molecule has 0 radical (unpaired) electrons. The molecular formula is C26H42N2O7S. The molecule has 0 bridgehead atoms. The van der Waals surface area contributed by atoms with Crippen LogP contribution in [0.15, 0.2) is 34.9 Å². The Kier molecular flexibility index (Phi) is 15.6. The first-order chi connectivity index (χ1) is 16.6. The molecule has 36 heavy (non-hydrogen) atoms. The van der Waals surface area contributed by atoms with Crippen LogP contribution in [-0.4, -0.2) is 63.3 Å². The van der Waals surface area contributed by atoms with E-state index in [0.717, 1.165) is 25.7 Å². The molecule has 0 aliphatic rings. The molecule has 10 heteroatoms. The highest BCUT2D eigenvalue weighted by molar-refractivity contribution is 7.99. The first-order valence-electron chi connectivity index (χ1n) is 11.9. The van der Waals surface area contributed by atoms with Crippen LogP contribution in [0.3, 0.4) is 0 Å². The van der Waals surface area contributed by atoms with E-state index in [4.69, 9.17) is 4.74 Å². The minimum Gasteiger partial charge on any atom is -0.480 e. The van der Waals surface area contributed by atoms with Gasteiger partial charge in [0, 0.05) is 11.5 Å². The Bertz CT molecular complexity index is 853. The molecule has 4 N–H and O–H groups in total. The van der Waals surface area contributed by atoms with E-state index in [2.05, 4.69) is 38.2 Å². The molecule has 0 saturated carbocycles.